The molecule has 2 fully saturated rings. The summed E-state index contributed by atoms with van der Waals surface area (Å²) < 4.78 is 2.15. The Hall–Kier alpha value is -3.92. The van der Waals surface area contributed by atoms with Crippen molar-refractivity contribution in [2.24, 2.45) is 5.41 Å². The van der Waals surface area contributed by atoms with Gasteiger partial charge in [0.25, 0.3) is 0 Å². The Bertz CT molecular complexity index is 1330. The van der Waals surface area contributed by atoms with Gasteiger partial charge in [0.2, 0.25) is 5.91 Å². The van der Waals surface area contributed by atoms with Crippen LogP contribution in [0.5, 0.6) is 0 Å². The van der Waals surface area contributed by atoms with Gasteiger partial charge in [-0.15, -0.1) is 0 Å². The van der Waals surface area contributed by atoms with Crippen LogP contribution in [0.25, 0.3) is 11.0 Å². The molecule has 2 aliphatic heterocycles. The zero-order valence-corrected chi connectivity index (χ0v) is 19.7. The first-order valence-electron chi connectivity index (χ1n) is 12.3. The van der Waals surface area contributed by atoms with E-state index >= 15 is 0 Å². The summed E-state index contributed by atoms with van der Waals surface area (Å²) >= 11 is 0. The molecule has 0 N–H and O–H groups in total. The van der Waals surface area contributed by atoms with Crippen LogP contribution in [0.3, 0.4) is 0 Å². The van der Waals surface area contributed by atoms with Gasteiger partial charge in [0.15, 0.2) is 0 Å². The summed E-state index contributed by atoms with van der Waals surface area (Å²) in [5.74, 6) is 2.08. The van der Waals surface area contributed by atoms with E-state index in [1.807, 2.05) is 35.6 Å². The molecule has 2 aromatic heterocycles. The molecule has 4 aromatic rings. The molecular formula is C28H28N6O. The number of anilines is 1. The van der Waals surface area contributed by atoms with E-state index in [9.17, 15) is 4.79 Å². The van der Waals surface area contributed by atoms with Crippen molar-refractivity contribution in [3.63, 3.8) is 0 Å². The molecule has 4 heterocycles. The van der Waals surface area contributed by atoms with E-state index in [1.165, 1.54) is 5.56 Å². The van der Waals surface area contributed by atoms with Crippen molar-refractivity contribution in [3.8, 4) is 0 Å². The lowest BCUT2D eigenvalue weighted by atomic mass is 9.71. The van der Waals surface area contributed by atoms with Gasteiger partial charge in [0.1, 0.15) is 17.2 Å². The average molecular weight is 465 g/mol. The van der Waals surface area contributed by atoms with Crippen molar-refractivity contribution < 1.29 is 4.79 Å². The molecule has 6 rings (SSSR count). The van der Waals surface area contributed by atoms with Gasteiger partial charge in [-0.2, -0.15) is 0 Å². The third kappa shape index (κ3) is 4.21. The molecule has 0 radical (unpaired) electrons. The average Bonchev–Trinajstić information content (AvgIpc) is 3.34. The standard InChI is InChI=1S/C28H28N6O/c35-27-28(12-16-32(17-13-28)25-19-30-23-9-4-5-10-24(23)31-25)11-6-15-34(27)21-26-29-14-18-33(26)20-22-7-2-1-3-8-22/h1-4,7-9,14,18-19H,6,11-13,15-17,20-21H2. The molecule has 2 aliphatic rings. The molecule has 0 aliphatic carbocycles. The normalized spacial score (nSPS) is 17.7. The van der Waals surface area contributed by atoms with Gasteiger partial charge in [-0.1, -0.05) is 36.4 Å². The first-order chi connectivity index (χ1) is 17.2. The number of carbonyl (C=O) groups excluding carboxylic acids is 1. The topological polar surface area (TPSA) is 67.2 Å². The number of carbonyl (C=O) groups is 1. The summed E-state index contributed by atoms with van der Waals surface area (Å²) in [5, 5.41) is 0. The maximum atomic E-state index is 13.7. The number of fused-ring (bicyclic) bond motifs is 1. The van der Waals surface area contributed by atoms with Gasteiger partial charge in [0.05, 0.1) is 23.7 Å². The molecule has 0 saturated carbocycles. The van der Waals surface area contributed by atoms with Crippen LogP contribution in [0.2, 0.25) is 0 Å². The number of hydrogen-bond donors (Lipinski definition) is 0. The number of rotatable bonds is 5. The zero-order chi connectivity index (χ0) is 23.7. The Kier molecular flexibility index (Phi) is 5.57. The Labute approximate surface area is 205 Å². The molecule has 0 atom stereocenters. The minimum absolute atomic E-state index is 0.282. The number of likely N-dealkylation sites (tertiary alicyclic amines) is 1. The minimum Gasteiger partial charge on any atom is -0.355 e. The molecule has 7 heteroatoms. The first kappa shape index (κ1) is 21.6. The number of benzene rings is 1. The van der Waals surface area contributed by atoms with Crippen molar-refractivity contribution >= 4 is 22.8 Å². The molecule has 0 unspecified atom stereocenters. The Morgan fingerprint density at radius 3 is 2.69 bits per heavy atom. The van der Waals surface area contributed by atoms with Crippen LogP contribution in [-0.2, 0) is 17.9 Å². The van der Waals surface area contributed by atoms with Gasteiger partial charge in [-0.05, 0) is 49.4 Å². The summed E-state index contributed by atoms with van der Waals surface area (Å²) in [4.78, 5) is 31.9. The lowest BCUT2D eigenvalue weighted by molar-refractivity contribution is -0.148. The molecule has 176 valence electrons. The predicted octanol–water partition coefficient (Wildman–Crippen LogP) is 3.88. The van der Waals surface area contributed by atoms with Crippen LogP contribution < -0.4 is 4.90 Å². The molecule has 7 nitrogen and oxygen atoms in total. The first-order valence-corrected chi connectivity index (χ1v) is 12.3. The molecular weight excluding hydrogens is 436 g/mol. The smallest absolute Gasteiger partial charge is 0.229 e. The Morgan fingerprint density at radius 2 is 1.83 bits per heavy atom. The highest BCUT2D eigenvalue weighted by Gasteiger charge is 2.46. The second kappa shape index (κ2) is 9.03. The van der Waals surface area contributed by atoms with Gasteiger partial charge in [0, 0.05) is 38.6 Å². The quantitative estimate of drug-likeness (QED) is 0.448. The number of amides is 1. The fraction of sp³-hybridized carbons (Fsp3) is 0.357. The molecule has 1 spiro atoms. The van der Waals surface area contributed by atoms with E-state index in [4.69, 9.17) is 4.98 Å². The van der Waals surface area contributed by atoms with Gasteiger partial charge < -0.3 is 14.4 Å². The fourth-order valence-corrected chi connectivity index (χ4v) is 5.50. The molecule has 2 aromatic carbocycles. The summed E-state index contributed by atoms with van der Waals surface area (Å²) in [6, 6.07) is 20.1. The highest BCUT2D eigenvalue weighted by atomic mass is 16.2. The third-order valence-corrected chi connectivity index (χ3v) is 7.50. The van der Waals surface area contributed by atoms with Gasteiger partial charge >= 0.3 is 0 Å². The summed E-state index contributed by atoms with van der Waals surface area (Å²) in [7, 11) is 0. The summed E-state index contributed by atoms with van der Waals surface area (Å²) in [6.45, 7) is 3.73. The van der Waals surface area contributed by atoms with E-state index in [2.05, 4.69) is 55.8 Å². The van der Waals surface area contributed by atoms with Crippen molar-refractivity contribution in [1.82, 2.24) is 24.4 Å². The maximum Gasteiger partial charge on any atom is 0.229 e. The summed E-state index contributed by atoms with van der Waals surface area (Å²) in [6.07, 6.45) is 9.34. The molecule has 1 amide bonds. The fourth-order valence-electron chi connectivity index (χ4n) is 5.50. The molecule has 35 heavy (non-hydrogen) atoms. The van der Waals surface area contributed by atoms with Crippen LogP contribution in [0.15, 0.2) is 61.1 Å². The van der Waals surface area contributed by atoms with E-state index in [0.29, 0.717) is 6.54 Å². The third-order valence-electron chi connectivity index (χ3n) is 7.50. The SMILES string of the molecule is O=C1N(Cc2nccn2Cc2ccccc2)CCCC12CCN(c1cnc3ccc#cc3n1)CC2. The van der Waals surface area contributed by atoms with Crippen LogP contribution in [0, 0.1) is 17.5 Å². The summed E-state index contributed by atoms with van der Waals surface area (Å²) in [5.41, 5.74) is 2.50. The van der Waals surface area contributed by atoms with Crippen molar-refractivity contribution in [1.29, 1.82) is 0 Å². The van der Waals surface area contributed by atoms with E-state index < -0.39 is 0 Å². The highest BCUT2D eigenvalue weighted by molar-refractivity contribution is 5.84. The molecule has 2 saturated heterocycles. The van der Waals surface area contributed by atoms with Gasteiger partial charge in [-0.25, -0.2) is 9.97 Å². The van der Waals surface area contributed by atoms with E-state index in [0.717, 1.165) is 74.5 Å². The lowest BCUT2D eigenvalue weighted by Gasteiger charge is -2.46. The maximum absolute atomic E-state index is 13.7. The minimum atomic E-state index is -0.282. The largest absolute Gasteiger partial charge is 0.355 e. The number of imidazole rings is 1. The van der Waals surface area contributed by atoms with Gasteiger partial charge in [-0.3, -0.25) is 9.78 Å². The second-order valence-electron chi connectivity index (χ2n) is 9.62. The second-order valence-corrected chi connectivity index (χ2v) is 9.62. The van der Waals surface area contributed by atoms with Crippen molar-refractivity contribution in [3.05, 3.63) is 84.6 Å². The van der Waals surface area contributed by atoms with Crippen LogP contribution in [0.4, 0.5) is 5.82 Å². The number of piperidine rings is 2. The Balaban J connectivity index is 1.14. The monoisotopic (exact) mass is 464 g/mol. The number of hydrogen-bond acceptors (Lipinski definition) is 5. The van der Waals surface area contributed by atoms with Crippen LogP contribution in [-0.4, -0.2) is 50.0 Å². The van der Waals surface area contributed by atoms with Crippen LogP contribution in [0.1, 0.15) is 37.1 Å². The number of nitrogens with zero attached hydrogens (tertiary/aromatic N) is 6. The van der Waals surface area contributed by atoms with Crippen molar-refractivity contribution in [2.75, 3.05) is 24.5 Å². The lowest BCUT2D eigenvalue weighted by Crippen LogP contribution is -2.53. The van der Waals surface area contributed by atoms with E-state index in [1.54, 1.807) is 6.07 Å². The van der Waals surface area contributed by atoms with Crippen LogP contribution >= 0.6 is 0 Å². The molecule has 0 bridgehead atoms. The van der Waals surface area contributed by atoms with E-state index in [-0.39, 0.29) is 11.3 Å². The number of aromatic nitrogens is 4. The predicted molar refractivity (Wildman–Crippen MR) is 134 cm³/mol. The zero-order valence-electron chi connectivity index (χ0n) is 19.7. The Morgan fingerprint density at radius 1 is 0.971 bits per heavy atom. The van der Waals surface area contributed by atoms with Crippen molar-refractivity contribution in [2.45, 2.75) is 38.8 Å². The highest BCUT2D eigenvalue weighted by Crippen LogP contribution is 2.42.